The monoisotopic (exact) mass is 784 g/mol. The molecule has 0 bridgehead atoms. The van der Waals surface area contributed by atoms with Gasteiger partial charge in [0.15, 0.2) is 11.0 Å². The van der Waals surface area contributed by atoms with E-state index < -0.39 is 42.6 Å². The summed E-state index contributed by atoms with van der Waals surface area (Å²) in [6.07, 6.45) is 6.89. The van der Waals surface area contributed by atoms with E-state index in [1.165, 1.54) is 84.7 Å². The molecule has 1 amide bonds. The summed E-state index contributed by atoms with van der Waals surface area (Å²) in [4.78, 5) is 35.1. The number of thiazole rings is 1. The van der Waals surface area contributed by atoms with Crippen LogP contribution in [0.15, 0.2) is 137 Å². The maximum absolute atomic E-state index is 14.5. The molecule has 6 aromatic rings. The topological polar surface area (TPSA) is 200 Å². The fourth-order valence-corrected chi connectivity index (χ4v) is 9.04. The average molecular weight is 785 g/mol. The van der Waals surface area contributed by atoms with Crippen LogP contribution in [0, 0.1) is 0 Å². The number of carbonyl (C=O) groups is 1. The van der Waals surface area contributed by atoms with Crippen molar-refractivity contribution in [1.29, 1.82) is 0 Å². The lowest BCUT2D eigenvalue weighted by atomic mass is 10.0. The van der Waals surface area contributed by atoms with Gasteiger partial charge in [0.2, 0.25) is 9.84 Å². The second kappa shape index (κ2) is 15.5. The summed E-state index contributed by atoms with van der Waals surface area (Å²) >= 11 is 1.50. The highest BCUT2D eigenvalue weighted by Gasteiger charge is 2.51. The number of benzene rings is 1. The van der Waals surface area contributed by atoms with Crippen LogP contribution in [0.25, 0.3) is 10.6 Å². The molecule has 0 aliphatic heterocycles. The van der Waals surface area contributed by atoms with E-state index in [9.17, 15) is 21.6 Å². The van der Waals surface area contributed by atoms with Gasteiger partial charge in [-0.2, -0.15) is 4.31 Å². The van der Waals surface area contributed by atoms with E-state index in [4.69, 9.17) is 15.5 Å². The van der Waals surface area contributed by atoms with Crippen LogP contribution in [0.5, 0.6) is 0 Å². The zero-order chi connectivity index (χ0) is 38.6. The largest absolute Gasteiger partial charge is 0.443 e. The molecule has 17 heteroatoms. The molecule has 5 heterocycles. The van der Waals surface area contributed by atoms with Crippen molar-refractivity contribution in [2.45, 2.75) is 53.7 Å². The van der Waals surface area contributed by atoms with E-state index in [2.05, 4.69) is 25.3 Å². The molecule has 0 saturated heterocycles. The van der Waals surface area contributed by atoms with Crippen LogP contribution in [0.4, 0.5) is 4.79 Å². The predicted octanol–water partition coefficient (Wildman–Crippen LogP) is 5.44. The molecule has 3 N–H and O–H groups in total. The zero-order valence-electron chi connectivity index (χ0n) is 29.3. The number of sulfonamides is 1. The Bertz CT molecular complexity index is 2420. The molecule has 0 saturated carbocycles. The maximum atomic E-state index is 14.5. The number of aromatic nitrogens is 5. The van der Waals surface area contributed by atoms with Crippen LogP contribution in [-0.2, 0) is 36.8 Å². The van der Waals surface area contributed by atoms with Crippen LogP contribution in [-0.4, -0.2) is 57.8 Å². The van der Waals surface area contributed by atoms with Crippen molar-refractivity contribution in [3.63, 3.8) is 0 Å². The summed E-state index contributed by atoms with van der Waals surface area (Å²) in [5.74, 6) is 0. The number of sulfone groups is 1. The smallest absolute Gasteiger partial charge is 0.426 e. The van der Waals surface area contributed by atoms with E-state index in [-0.39, 0.29) is 33.4 Å². The lowest BCUT2D eigenvalue weighted by molar-refractivity contribution is 0.0258. The summed E-state index contributed by atoms with van der Waals surface area (Å²) in [7, 11) is -9.11. The molecule has 0 fully saturated rings. The van der Waals surface area contributed by atoms with Gasteiger partial charge in [0.25, 0.3) is 10.0 Å². The fourth-order valence-electron chi connectivity index (χ4n) is 5.44. The third-order valence-electron chi connectivity index (χ3n) is 7.94. The van der Waals surface area contributed by atoms with E-state index in [0.29, 0.717) is 4.31 Å². The minimum atomic E-state index is -4.85. The minimum absolute atomic E-state index is 0.0515. The van der Waals surface area contributed by atoms with Gasteiger partial charge in [-0.1, -0.05) is 36.4 Å². The van der Waals surface area contributed by atoms with Gasteiger partial charge in [-0.05, 0) is 74.9 Å². The van der Waals surface area contributed by atoms with Gasteiger partial charge in [0.05, 0.1) is 22.0 Å². The molecule has 5 aromatic heterocycles. The molecule has 54 heavy (non-hydrogen) atoms. The maximum Gasteiger partial charge on any atom is 0.426 e. The van der Waals surface area contributed by atoms with Gasteiger partial charge in [-0.3, -0.25) is 31.0 Å². The average Bonchev–Trinajstić information content (AvgIpc) is 3.71. The quantitative estimate of drug-likeness (QED) is 0.149. The number of ether oxygens (including phenoxy) is 1. The lowest BCUT2D eigenvalue weighted by Gasteiger charge is -2.39. The number of nitrogens with one attached hydrogen (secondary N) is 1. The Morgan fingerprint density at radius 2 is 1.50 bits per heavy atom. The second-order valence-corrected chi connectivity index (χ2v) is 17.6. The Kier molecular flexibility index (Phi) is 11.0. The number of hydrogen-bond donors (Lipinski definition) is 2. The summed E-state index contributed by atoms with van der Waals surface area (Å²) in [6.45, 7) is 4.80. The summed E-state index contributed by atoms with van der Waals surface area (Å²) in [6, 6.07) is 22.0. The molecule has 0 aliphatic carbocycles. The molecule has 6 rings (SSSR count). The standard InChI is InChI=1S/C37H36N8O6S3/c1-36(2,3)51-35(46)45(54(49,50)29-10-8-19-40-25-29)37(38,31-12-4-5-20-41-31)32-13-6-11-30(44-32)34(53(47,48)28-9-7-18-39-24-28)43-23-26-14-16-27(17-15-26)33-42-21-22-52-33/h4-22,24-25,34,43H,23,38H2,1-3H3. The highest BCUT2D eigenvalue weighted by atomic mass is 32.2. The number of nitrogens with two attached hydrogens (primary N) is 1. The number of rotatable bonds is 12. The summed E-state index contributed by atoms with van der Waals surface area (Å²) in [5.41, 5.74) is 4.80. The molecule has 278 valence electrons. The Labute approximate surface area is 317 Å². The first-order chi connectivity index (χ1) is 25.7. The lowest BCUT2D eigenvalue weighted by Crippen LogP contribution is -2.60. The fraction of sp³-hybridized carbons (Fsp3) is 0.189. The number of carbonyl (C=O) groups excluding carboxylic acids is 1. The van der Waals surface area contributed by atoms with Gasteiger partial charge in [-0.25, -0.2) is 26.6 Å². The van der Waals surface area contributed by atoms with Gasteiger partial charge in [0, 0.05) is 54.7 Å². The normalized spacial score (nSPS) is 13.8. The number of hydrogen-bond acceptors (Lipinski definition) is 14. The van der Waals surface area contributed by atoms with Crippen LogP contribution in [0.1, 0.15) is 48.8 Å². The highest BCUT2D eigenvalue weighted by Crippen LogP contribution is 2.36. The summed E-state index contributed by atoms with van der Waals surface area (Å²) < 4.78 is 63.7. The van der Waals surface area contributed by atoms with Crippen LogP contribution in [0.2, 0.25) is 0 Å². The third kappa shape index (κ3) is 8.04. The van der Waals surface area contributed by atoms with Crippen molar-refractivity contribution >= 4 is 37.3 Å². The number of amides is 1. The number of pyridine rings is 4. The molecule has 14 nitrogen and oxygen atoms in total. The van der Waals surface area contributed by atoms with Crippen molar-refractivity contribution in [3.8, 4) is 10.6 Å². The molecule has 0 spiro atoms. The first-order valence-electron chi connectivity index (χ1n) is 16.4. The minimum Gasteiger partial charge on any atom is -0.443 e. The highest BCUT2D eigenvalue weighted by molar-refractivity contribution is 7.91. The Morgan fingerprint density at radius 1 is 0.815 bits per heavy atom. The Hall–Kier alpha value is -5.46. The van der Waals surface area contributed by atoms with E-state index >= 15 is 0 Å². The Balaban J connectivity index is 1.50. The molecular weight excluding hydrogens is 749 g/mol. The molecule has 2 unspecified atom stereocenters. The van der Waals surface area contributed by atoms with E-state index in [1.807, 2.05) is 29.6 Å². The van der Waals surface area contributed by atoms with Gasteiger partial charge < -0.3 is 4.74 Å². The van der Waals surface area contributed by atoms with Gasteiger partial charge in [-0.15, -0.1) is 11.3 Å². The van der Waals surface area contributed by atoms with Crippen LogP contribution >= 0.6 is 11.3 Å². The van der Waals surface area contributed by atoms with Crippen LogP contribution < -0.4 is 11.1 Å². The van der Waals surface area contributed by atoms with E-state index in [0.717, 1.165) is 22.3 Å². The Morgan fingerprint density at radius 3 is 2.09 bits per heavy atom. The van der Waals surface area contributed by atoms with Crippen molar-refractivity contribution in [1.82, 2.24) is 34.5 Å². The van der Waals surface area contributed by atoms with Gasteiger partial charge >= 0.3 is 6.09 Å². The predicted molar refractivity (Wildman–Crippen MR) is 201 cm³/mol. The molecule has 1 aromatic carbocycles. The van der Waals surface area contributed by atoms with E-state index in [1.54, 1.807) is 39.1 Å². The van der Waals surface area contributed by atoms with Crippen LogP contribution in [0.3, 0.4) is 0 Å². The first-order valence-corrected chi connectivity index (χ1v) is 20.3. The van der Waals surface area contributed by atoms with Crippen molar-refractivity contribution in [2.24, 2.45) is 5.73 Å². The SMILES string of the molecule is CC(C)(C)OC(=O)N(C(N)(c1ccccn1)c1cccc(C(NCc2ccc(-c3nccs3)cc2)S(=O)(=O)c2cccnc2)n1)S(=O)(=O)c1cccnc1. The van der Waals surface area contributed by atoms with Crippen molar-refractivity contribution in [2.75, 3.05) is 0 Å². The number of nitrogens with zero attached hydrogens (tertiary/aromatic N) is 6. The first kappa shape index (κ1) is 38.3. The summed E-state index contributed by atoms with van der Waals surface area (Å²) in [5, 5.41) is 4.35. The third-order valence-corrected chi connectivity index (χ3v) is 12.4. The molecule has 0 radical (unpaired) electrons. The van der Waals surface area contributed by atoms with Gasteiger partial charge in [0.1, 0.15) is 15.5 Å². The molecule has 2 atom stereocenters. The second-order valence-electron chi connectivity index (χ2n) is 12.9. The molecular formula is C37H36N8O6S3. The van der Waals surface area contributed by atoms with Crippen molar-refractivity contribution in [3.05, 3.63) is 150 Å². The van der Waals surface area contributed by atoms with Crippen molar-refractivity contribution < 1.29 is 26.4 Å². The zero-order valence-corrected chi connectivity index (χ0v) is 31.8. The molecule has 0 aliphatic rings.